The van der Waals surface area contributed by atoms with Gasteiger partial charge in [-0.3, -0.25) is 0 Å². The molecule has 1 nitrogen and oxygen atoms in total. The van der Waals surface area contributed by atoms with Crippen LogP contribution in [0.4, 0.5) is 13.2 Å². The van der Waals surface area contributed by atoms with Crippen molar-refractivity contribution in [3.8, 4) is 0 Å². The largest absolute Gasteiger partial charge is 0.496 e. The summed E-state index contributed by atoms with van der Waals surface area (Å²) in [6.07, 6.45) is -1.54. The van der Waals surface area contributed by atoms with E-state index in [0.29, 0.717) is 0 Å². The summed E-state index contributed by atoms with van der Waals surface area (Å²) in [4.78, 5) is 0. The Morgan fingerprint density at radius 1 is 1.29 bits per heavy atom. The fourth-order valence-electron chi connectivity index (χ4n) is 0.851. The highest BCUT2D eigenvalue weighted by molar-refractivity contribution is 5.32. The average Bonchev–Trinajstić information content (AvgIpc) is 2.10. The molecule has 4 heteroatoms. The van der Waals surface area contributed by atoms with Crippen molar-refractivity contribution in [2.24, 2.45) is 0 Å². The second-order valence-electron chi connectivity index (χ2n) is 2.72. The Hall–Kier alpha value is -1.19. The minimum atomic E-state index is -4.32. The Bertz CT molecular complexity index is 272. The molecule has 0 aromatic carbocycles. The minimum absolute atomic E-state index is 0.0694. The highest BCUT2D eigenvalue weighted by Crippen LogP contribution is 2.30. The molecule has 0 radical (unpaired) electrons. The molecule has 0 aliphatic carbocycles. The number of allylic oxidation sites excluding steroid dienone is 4. The van der Waals surface area contributed by atoms with Crippen LogP contribution in [-0.2, 0) is 4.74 Å². The summed E-state index contributed by atoms with van der Waals surface area (Å²) in [5.74, 6) is 0.176. The van der Waals surface area contributed by atoms with Crippen molar-refractivity contribution in [1.29, 1.82) is 0 Å². The predicted octanol–water partition coefficient (Wildman–Crippen LogP) is 3.60. The van der Waals surface area contributed by atoms with E-state index in [2.05, 4.69) is 6.58 Å². The molecule has 80 valence electrons. The third-order valence-electron chi connectivity index (χ3n) is 1.85. The van der Waals surface area contributed by atoms with Crippen LogP contribution in [-0.4, -0.2) is 13.3 Å². The van der Waals surface area contributed by atoms with E-state index in [1.54, 1.807) is 0 Å². The lowest BCUT2D eigenvalue weighted by molar-refractivity contribution is -0.0922. The standard InChI is InChI=1S/C10H13F3O/c1-5-6-9(14-4)7(2)8(3)10(11,12)13/h5-6H,1H2,2-4H3. The summed E-state index contributed by atoms with van der Waals surface area (Å²) >= 11 is 0. The van der Waals surface area contributed by atoms with Crippen LogP contribution in [0, 0.1) is 0 Å². The van der Waals surface area contributed by atoms with Crippen molar-refractivity contribution in [1.82, 2.24) is 0 Å². The Kier molecular flexibility index (Phi) is 4.47. The lowest BCUT2D eigenvalue weighted by Gasteiger charge is -2.13. The molecule has 0 saturated heterocycles. The Morgan fingerprint density at radius 2 is 1.79 bits per heavy atom. The molecule has 0 rings (SSSR count). The molecule has 14 heavy (non-hydrogen) atoms. The second-order valence-corrected chi connectivity index (χ2v) is 2.72. The smallest absolute Gasteiger partial charge is 0.412 e. The van der Waals surface area contributed by atoms with Gasteiger partial charge in [0.1, 0.15) is 5.76 Å². The second kappa shape index (κ2) is 4.88. The molecule has 0 amide bonds. The van der Waals surface area contributed by atoms with Crippen molar-refractivity contribution >= 4 is 0 Å². The maximum Gasteiger partial charge on any atom is 0.412 e. The van der Waals surface area contributed by atoms with Crippen molar-refractivity contribution in [3.05, 3.63) is 35.6 Å². The normalized spacial score (nSPS) is 14.9. The highest BCUT2D eigenvalue weighted by Gasteiger charge is 2.32. The van der Waals surface area contributed by atoms with Crippen LogP contribution in [0.3, 0.4) is 0 Å². The zero-order chi connectivity index (χ0) is 11.4. The van der Waals surface area contributed by atoms with E-state index in [-0.39, 0.29) is 11.3 Å². The third kappa shape index (κ3) is 3.28. The molecular formula is C10H13F3O. The maximum absolute atomic E-state index is 12.3. The van der Waals surface area contributed by atoms with Crippen molar-refractivity contribution in [3.63, 3.8) is 0 Å². The Labute approximate surface area is 81.6 Å². The molecule has 0 aliphatic rings. The quantitative estimate of drug-likeness (QED) is 0.506. The number of halogens is 3. The first-order valence-corrected chi connectivity index (χ1v) is 3.96. The van der Waals surface area contributed by atoms with Crippen molar-refractivity contribution < 1.29 is 17.9 Å². The van der Waals surface area contributed by atoms with Gasteiger partial charge < -0.3 is 4.74 Å². The van der Waals surface area contributed by atoms with Gasteiger partial charge in [-0.1, -0.05) is 12.7 Å². The summed E-state index contributed by atoms with van der Waals surface area (Å²) in [5, 5.41) is 0. The van der Waals surface area contributed by atoms with E-state index >= 15 is 0 Å². The summed E-state index contributed by atoms with van der Waals surface area (Å²) in [6.45, 7) is 5.77. The number of hydrogen-bond donors (Lipinski definition) is 0. The summed E-state index contributed by atoms with van der Waals surface area (Å²) in [7, 11) is 1.32. The van der Waals surface area contributed by atoms with Gasteiger partial charge in [-0.25, -0.2) is 0 Å². The number of methoxy groups -OCH3 is 1. The molecule has 0 aromatic rings. The van der Waals surface area contributed by atoms with Gasteiger partial charge in [-0.15, -0.1) is 0 Å². The Balaban J connectivity index is 5.17. The Morgan fingerprint density at radius 3 is 2.07 bits per heavy atom. The lowest BCUT2D eigenvalue weighted by Crippen LogP contribution is -2.12. The fraction of sp³-hybridized carbons (Fsp3) is 0.400. The monoisotopic (exact) mass is 206 g/mol. The number of alkyl halides is 3. The van der Waals surface area contributed by atoms with Crippen molar-refractivity contribution in [2.45, 2.75) is 20.0 Å². The van der Waals surface area contributed by atoms with E-state index < -0.39 is 11.7 Å². The number of rotatable bonds is 3. The minimum Gasteiger partial charge on any atom is -0.496 e. The van der Waals surface area contributed by atoms with Gasteiger partial charge in [0.2, 0.25) is 0 Å². The summed E-state index contributed by atoms with van der Waals surface area (Å²) in [6, 6.07) is 0. The maximum atomic E-state index is 12.3. The number of hydrogen-bond acceptors (Lipinski definition) is 1. The molecule has 0 spiro atoms. The predicted molar refractivity (Wildman–Crippen MR) is 49.7 cm³/mol. The third-order valence-corrected chi connectivity index (χ3v) is 1.85. The van der Waals surface area contributed by atoms with Crippen molar-refractivity contribution in [2.75, 3.05) is 7.11 Å². The SMILES string of the molecule is C=CC=C(OC)C(C)=C(C)C(F)(F)F. The van der Waals surface area contributed by atoms with Crippen LogP contribution in [0.15, 0.2) is 35.6 Å². The molecule has 0 fully saturated rings. The molecule has 0 unspecified atom stereocenters. The molecule has 0 aliphatic heterocycles. The van der Waals surface area contributed by atoms with Crippen LogP contribution in [0.5, 0.6) is 0 Å². The summed E-state index contributed by atoms with van der Waals surface area (Å²) < 4.78 is 41.6. The van der Waals surface area contributed by atoms with Gasteiger partial charge in [-0.05, 0) is 25.5 Å². The van der Waals surface area contributed by atoms with Crippen LogP contribution in [0.2, 0.25) is 0 Å². The van der Waals surface area contributed by atoms with Gasteiger partial charge in [0.15, 0.2) is 0 Å². The fourth-order valence-corrected chi connectivity index (χ4v) is 0.851. The average molecular weight is 206 g/mol. The van der Waals surface area contributed by atoms with Crippen LogP contribution in [0.1, 0.15) is 13.8 Å². The van der Waals surface area contributed by atoms with E-state index in [4.69, 9.17) is 4.74 Å². The number of ether oxygens (including phenoxy) is 1. The van der Waals surface area contributed by atoms with Gasteiger partial charge in [0.05, 0.1) is 7.11 Å². The first kappa shape index (κ1) is 12.8. The molecule has 0 aromatic heterocycles. The topological polar surface area (TPSA) is 9.23 Å². The van der Waals surface area contributed by atoms with E-state index in [0.717, 1.165) is 6.92 Å². The molecule has 0 atom stereocenters. The lowest BCUT2D eigenvalue weighted by atomic mass is 10.1. The van der Waals surface area contributed by atoms with Gasteiger partial charge >= 0.3 is 6.18 Å². The first-order valence-electron chi connectivity index (χ1n) is 3.96. The van der Waals surface area contributed by atoms with Gasteiger partial charge in [0, 0.05) is 5.57 Å². The van der Waals surface area contributed by atoms with Crippen LogP contribution < -0.4 is 0 Å². The summed E-state index contributed by atoms with van der Waals surface area (Å²) in [5.41, 5.74) is -0.590. The van der Waals surface area contributed by atoms with Gasteiger partial charge in [-0.2, -0.15) is 13.2 Å². The molecule has 0 N–H and O–H groups in total. The molecule has 0 heterocycles. The van der Waals surface area contributed by atoms with E-state index in [9.17, 15) is 13.2 Å². The zero-order valence-electron chi connectivity index (χ0n) is 8.40. The van der Waals surface area contributed by atoms with Crippen LogP contribution in [0.25, 0.3) is 0 Å². The zero-order valence-corrected chi connectivity index (χ0v) is 8.40. The molecular weight excluding hydrogens is 193 g/mol. The van der Waals surface area contributed by atoms with E-state index in [1.807, 2.05) is 0 Å². The highest BCUT2D eigenvalue weighted by atomic mass is 19.4. The van der Waals surface area contributed by atoms with Gasteiger partial charge in [0.25, 0.3) is 0 Å². The molecule has 0 bridgehead atoms. The first-order chi connectivity index (χ1) is 6.34. The van der Waals surface area contributed by atoms with E-state index in [1.165, 1.54) is 26.2 Å². The van der Waals surface area contributed by atoms with Crippen LogP contribution >= 0.6 is 0 Å². The molecule has 0 saturated carbocycles.